The van der Waals surface area contributed by atoms with E-state index in [2.05, 4.69) is 12.2 Å². The van der Waals surface area contributed by atoms with Crippen LogP contribution in [-0.4, -0.2) is 27.3 Å². The average molecular weight is 406 g/mol. The summed E-state index contributed by atoms with van der Waals surface area (Å²) >= 11 is 3.17. The van der Waals surface area contributed by atoms with Gasteiger partial charge >= 0.3 is 0 Å². The van der Waals surface area contributed by atoms with Gasteiger partial charge in [0.15, 0.2) is 5.16 Å². The Hall–Kier alpha value is -1.34. The number of thioether (sulfide) groups is 1. The predicted molar refractivity (Wildman–Crippen MR) is 112 cm³/mol. The lowest BCUT2D eigenvalue weighted by Gasteiger charge is -2.16. The Balaban J connectivity index is 1.74. The number of rotatable bonds is 6. The number of amides is 1. The van der Waals surface area contributed by atoms with Gasteiger partial charge in [-0.1, -0.05) is 37.9 Å². The molecule has 1 aliphatic heterocycles. The number of unbranched alkanes of at least 4 members (excludes halogenated alkanes) is 2. The summed E-state index contributed by atoms with van der Waals surface area (Å²) in [6.45, 7) is 3.61. The number of carbonyl (C=O) groups excluding carboxylic acids is 1. The highest BCUT2D eigenvalue weighted by Crippen LogP contribution is 2.36. The second-order valence-electron chi connectivity index (χ2n) is 7.49. The van der Waals surface area contributed by atoms with Crippen molar-refractivity contribution in [2.24, 2.45) is 0 Å². The first-order valence-electron chi connectivity index (χ1n) is 10.2. The summed E-state index contributed by atoms with van der Waals surface area (Å²) in [5.41, 5.74) is 1.34. The van der Waals surface area contributed by atoms with Gasteiger partial charge in [0.25, 0.3) is 5.56 Å². The van der Waals surface area contributed by atoms with Gasteiger partial charge in [0.1, 0.15) is 4.83 Å². The zero-order chi connectivity index (χ0) is 18.8. The number of thiophene rings is 1. The third-order valence-corrected chi connectivity index (χ3v) is 7.95. The lowest BCUT2D eigenvalue weighted by molar-refractivity contribution is -0.120. The number of hydrogen-bond donors (Lipinski definition) is 1. The molecule has 5 nitrogen and oxygen atoms in total. The first kappa shape index (κ1) is 19.0. The number of nitrogens with one attached hydrogen (secondary N) is 1. The summed E-state index contributed by atoms with van der Waals surface area (Å²) in [6.07, 6.45) is 9.30. The molecule has 1 amide bonds. The molecule has 1 N–H and O–H groups in total. The lowest BCUT2D eigenvalue weighted by atomic mass is 10.2. The van der Waals surface area contributed by atoms with Crippen LogP contribution >= 0.6 is 23.1 Å². The molecule has 3 heterocycles. The molecule has 0 radical (unpaired) electrons. The average Bonchev–Trinajstić information content (AvgIpc) is 3.17. The number of aryl methyl sites for hydroxylation is 2. The SMILES string of the molecule is CCCCCn1c(SC2CCCCNC2=O)nc2sc3c(c2c1=O)CCC3. The highest BCUT2D eigenvalue weighted by Gasteiger charge is 2.27. The second kappa shape index (κ2) is 8.35. The molecular weight excluding hydrogens is 378 g/mol. The molecule has 2 aromatic heterocycles. The van der Waals surface area contributed by atoms with Crippen LogP contribution in [0.25, 0.3) is 10.2 Å². The highest BCUT2D eigenvalue weighted by atomic mass is 32.2. The van der Waals surface area contributed by atoms with Gasteiger partial charge in [0.2, 0.25) is 5.91 Å². The van der Waals surface area contributed by atoms with Crippen LogP contribution in [0.4, 0.5) is 0 Å². The van der Waals surface area contributed by atoms with Crippen molar-refractivity contribution in [2.45, 2.75) is 81.7 Å². The van der Waals surface area contributed by atoms with Crippen LogP contribution in [0.2, 0.25) is 0 Å². The fraction of sp³-hybridized carbons (Fsp3) is 0.650. The Bertz CT molecular complexity index is 903. The van der Waals surface area contributed by atoms with Gasteiger partial charge in [0.05, 0.1) is 10.6 Å². The van der Waals surface area contributed by atoms with E-state index in [1.807, 2.05) is 4.57 Å². The van der Waals surface area contributed by atoms with Crippen LogP contribution < -0.4 is 10.9 Å². The maximum absolute atomic E-state index is 13.4. The van der Waals surface area contributed by atoms with Crippen LogP contribution in [0.3, 0.4) is 0 Å². The fourth-order valence-corrected chi connectivity index (χ4v) is 6.50. The number of nitrogens with zero attached hydrogens (tertiary/aromatic N) is 2. The van der Waals surface area contributed by atoms with Crippen LogP contribution in [0.15, 0.2) is 9.95 Å². The van der Waals surface area contributed by atoms with Gasteiger partial charge in [-0.2, -0.15) is 0 Å². The smallest absolute Gasteiger partial charge is 0.263 e. The highest BCUT2D eigenvalue weighted by molar-refractivity contribution is 8.00. The molecule has 4 rings (SSSR count). The second-order valence-corrected chi connectivity index (χ2v) is 9.74. The largest absolute Gasteiger partial charge is 0.355 e. The van der Waals surface area contributed by atoms with E-state index >= 15 is 0 Å². The van der Waals surface area contributed by atoms with E-state index in [0.29, 0.717) is 6.54 Å². The van der Waals surface area contributed by atoms with E-state index < -0.39 is 0 Å². The van der Waals surface area contributed by atoms with E-state index in [1.165, 1.54) is 22.2 Å². The molecule has 7 heteroatoms. The maximum atomic E-state index is 13.4. The van der Waals surface area contributed by atoms with E-state index in [-0.39, 0.29) is 16.7 Å². The minimum Gasteiger partial charge on any atom is -0.355 e. The molecule has 2 aromatic rings. The van der Waals surface area contributed by atoms with E-state index in [9.17, 15) is 9.59 Å². The van der Waals surface area contributed by atoms with Crippen molar-refractivity contribution in [3.63, 3.8) is 0 Å². The van der Waals surface area contributed by atoms with Crippen LogP contribution in [-0.2, 0) is 24.2 Å². The molecule has 1 saturated heterocycles. The first-order valence-corrected chi connectivity index (χ1v) is 11.9. The molecule has 0 bridgehead atoms. The quantitative estimate of drug-likeness (QED) is 0.585. The lowest BCUT2D eigenvalue weighted by Crippen LogP contribution is -2.32. The molecular formula is C20H27N3O2S2. The van der Waals surface area contributed by atoms with Crippen molar-refractivity contribution in [3.8, 4) is 0 Å². The third kappa shape index (κ3) is 3.81. The van der Waals surface area contributed by atoms with E-state index in [1.54, 1.807) is 11.3 Å². The van der Waals surface area contributed by atoms with Crippen molar-refractivity contribution in [1.82, 2.24) is 14.9 Å². The number of fused-ring (bicyclic) bond motifs is 3. The van der Waals surface area contributed by atoms with Crippen LogP contribution in [0.1, 0.15) is 62.3 Å². The summed E-state index contributed by atoms with van der Waals surface area (Å²) < 4.78 is 1.85. The number of carbonyl (C=O) groups is 1. The molecule has 0 aromatic carbocycles. The van der Waals surface area contributed by atoms with Gasteiger partial charge in [-0.05, 0) is 44.1 Å². The number of hydrogen-bond acceptors (Lipinski definition) is 5. The van der Waals surface area contributed by atoms with Gasteiger partial charge in [0, 0.05) is 18.0 Å². The first-order chi connectivity index (χ1) is 13.2. The number of aromatic nitrogens is 2. The summed E-state index contributed by atoms with van der Waals surface area (Å²) in [6, 6.07) is 0. The molecule has 0 saturated carbocycles. The zero-order valence-corrected chi connectivity index (χ0v) is 17.5. The third-order valence-electron chi connectivity index (χ3n) is 5.51. The Morgan fingerprint density at radius 3 is 2.96 bits per heavy atom. The zero-order valence-electron chi connectivity index (χ0n) is 15.9. The van der Waals surface area contributed by atoms with E-state index in [4.69, 9.17) is 4.98 Å². The van der Waals surface area contributed by atoms with E-state index in [0.717, 1.165) is 79.7 Å². The molecule has 27 heavy (non-hydrogen) atoms. The molecule has 2 aliphatic rings. The molecule has 1 fully saturated rings. The Kier molecular flexibility index (Phi) is 5.88. The van der Waals surface area contributed by atoms with Crippen molar-refractivity contribution in [2.75, 3.05) is 6.54 Å². The van der Waals surface area contributed by atoms with Crippen molar-refractivity contribution in [1.29, 1.82) is 0 Å². The monoisotopic (exact) mass is 405 g/mol. The van der Waals surface area contributed by atoms with Gasteiger partial charge in [-0.15, -0.1) is 11.3 Å². The van der Waals surface area contributed by atoms with Crippen molar-refractivity contribution in [3.05, 3.63) is 20.8 Å². The minimum absolute atomic E-state index is 0.0839. The Morgan fingerprint density at radius 1 is 1.22 bits per heavy atom. The molecule has 0 spiro atoms. The molecule has 1 unspecified atom stereocenters. The van der Waals surface area contributed by atoms with Gasteiger partial charge in [-0.25, -0.2) is 4.98 Å². The fourth-order valence-electron chi connectivity index (χ4n) is 4.02. The minimum atomic E-state index is -0.152. The topological polar surface area (TPSA) is 64.0 Å². The summed E-state index contributed by atoms with van der Waals surface area (Å²) in [7, 11) is 0. The normalized spacial score (nSPS) is 19.9. The Morgan fingerprint density at radius 2 is 2.11 bits per heavy atom. The van der Waals surface area contributed by atoms with Gasteiger partial charge < -0.3 is 5.32 Å². The van der Waals surface area contributed by atoms with Crippen molar-refractivity contribution < 1.29 is 4.79 Å². The van der Waals surface area contributed by atoms with Crippen LogP contribution in [0.5, 0.6) is 0 Å². The van der Waals surface area contributed by atoms with Gasteiger partial charge in [-0.3, -0.25) is 14.2 Å². The maximum Gasteiger partial charge on any atom is 0.263 e. The van der Waals surface area contributed by atoms with Crippen LogP contribution in [0, 0.1) is 0 Å². The summed E-state index contributed by atoms with van der Waals surface area (Å²) in [5, 5.41) is 4.42. The summed E-state index contributed by atoms with van der Waals surface area (Å²) in [4.78, 5) is 32.9. The molecule has 1 aliphatic carbocycles. The molecule has 146 valence electrons. The van der Waals surface area contributed by atoms with Crippen molar-refractivity contribution >= 4 is 39.2 Å². The molecule has 1 atom stereocenters. The predicted octanol–water partition coefficient (Wildman–Crippen LogP) is 3.90. The standard InChI is InChI=1S/C20H27N3O2S2/c1-2-3-6-12-23-19(25)16-13-8-7-10-14(13)26-18(16)22-20(23)27-15-9-4-5-11-21-17(15)24/h15H,2-12H2,1H3,(H,21,24). The Labute approximate surface area is 167 Å². The summed E-state index contributed by atoms with van der Waals surface area (Å²) in [5.74, 6) is 0.0839.